The number of nitrogens with zero attached hydrogens (tertiary/aromatic N) is 1. The van der Waals surface area contributed by atoms with Crippen LogP contribution in [0.2, 0.25) is 0 Å². The molecule has 4 nitrogen and oxygen atoms in total. The van der Waals surface area contributed by atoms with Gasteiger partial charge in [0.05, 0.1) is 5.69 Å². The molecule has 2 rings (SSSR count). The molecule has 1 aromatic rings. The number of nitrogens with one attached hydrogen (secondary N) is 1. The highest BCUT2D eigenvalue weighted by Crippen LogP contribution is 2.27. The van der Waals surface area contributed by atoms with Crippen LogP contribution in [0.1, 0.15) is 6.92 Å². The van der Waals surface area contributed by atoms with Crippen LogP contribution in [-0.2, 0) is 10.0 Å². The van der Waals surface area contributed by atoms with Gasteiger partial charge in [0.1, 0.15) is 4.90 Å². The maximum atomic E-state index is 12.1. The summed E-state index contributed by atoms with van der Waals surface area (Å²) in [5.41, 5.74) is 0.689. The van der Waals surface area contributed by atoms with Crippen LogP contribution in [0.4, 0.5) is 5.69 Å². The largest absolute Gasteiger partial charge is 0.382 e. The minimum atomic E-state index is -3.34. The van der Waals surface area contributed by atoms with Crippen molar-refractivity contribution in [2.24, 2.45) is 0 Å². The molecule has 1 heterocycles. The Hall–Kier alpha value is -1.07. The number of anilines is 1. The molecule has 82 valence electrons. The van der Waals surface area contributed by atoms with E-state index in [9.17, 15) is 8.42 Å². The van der Waals surface area contributed by atoms with Crippen LogP contribution in [0.15, 0.2) is 29.2 Å². The van der Waals surface area contributed by atoms with Crippen molar-refractivity contribution in [2.75, 3.05) is 18.9 Å². The molecule has 1 aliphatic rings. The number of hydrogen-bond acceptors (Lipinski definition) is 3. The van der Waals surface area contributed by atoms with E-state index >= 15 is 0 Å². The molecule has 5 heteroatoms. The van der Waals surface area contributed by atoms with Crippen LogP contribution in [0.5, 0.6) is 0 Å². The van der Waals surface area contributed by atoms with E-state index in [-0.39, 0.29) is 6.04 Å². The van der Waals surface area contributed by atoms with Gasteiger partial charge >= 0.3 is 0 Å². The van der Waals surface area contributed by atoms with Crippen LogP contribution >= 0.6 is 0 Å². The lowest BCUT2D eigenvalue weighted by atomic mass is 10.3. The van der Waals surface area contributed by atoms with Gasteiger partial charge in [-0.1, -0.05) is 12.1 Å². The average molecular weight is 226 g/mol. The number of fused-ring (bicyclic) bond motifs is 1. The fourth-order valence-electron chi connectivity index (χ4n) is 1.62. The van der Waals surface area contributed by atoms with Gasteiger partial charge in [0.15, 0.2) is 0 Å². The molecule has 1 aliphatic heterocycles. The summed E-state index contributed by atoms with van der Waals surface area (Å²) in [7, 11) is -1.72. The van der Waals surface area contributed by atoms with Crippen molar-refractivity contribution < 1.29 is 8.42 Å². The molecule has 0 aliphatic carbocycles. The first-order valence-corrected chi connectivity index (χ1v) is 6.28. The van der Waals surface area contributed by atoms with Gasteiger partial charge in [-0.05, 0) is 19.1 Å². The monoisotopic (exact) mass is 226 g/mol. The first-order valence-electron chi connectivity index (χ1n) is 4.84. The molecule has 0 amide bonds. The molecule has 1 N–H and O–H groups in total. The maximum absolute atomic E-state index is 12.1. The van der Waals surface area contributed by atoms with Crippen LogP contribution in [-0.4, -0.2) is 32.4 Å². The van der Waals surface area contributed by atoms with E-state index < -0.39 is 10.0 Å². The van der Waals surface area contributed by atoms with Gasteiger partial charge in [0.2, 0.25) is 10.0 Å². The molecule has 0 radical (unpaired) electrons. The van der Waals surface area contributed by atoms with Gasteiger partial charge in [-0.2, -0.15) is 4.31 Å². The minimum Gasteiger partial charge on any atom is -0.382 e. The second kappa shape index (κ2) is 3.50. The number of likely N-dealkylation sites (N-methyl/N-ethyl adjacent to an activating group) is 1. The molecule has 1 unspecified atom stereocenters. The summed E-state index contributed by atoms with van der Waals surface area (Å²) in [6.45, 7) is 2.52. The topological polar surface area (TPSA) is 49.4 Å². The summed E-state index contributed by atoms with van der Waals surface area (Å²) < 4.78 is 25.6. The van der Waals surface area contributed by atoms with E-state index in [1.165, 1.54) is 4.31 Å². The van der Waals surface area contributed by atoms with E-state index in [1.807, 2.05) is 13.0 Å². The van der Waals surface area contributed by atoms with E-state index in [0.29, 0.717) is 17.1 Å². The Bertz CT molecular complexity index is 470. The van der Waals surface area contributed by atoms with E-state index in [0.717, 1.165) is 0 Å². The van der Waals surface area contributed by atoms with Crippen LogP contribution in [0.3, 0.4) is 0 Å². The third kappa shape index (κ3) is 1.61. The molecule has 0 saturated heterocycles. The third-order valence-corrected chi connectivity index (χ3v) is 4.78. The zero-order valence-electron chi connectivity index (χ0n) is 8.77. The molecule has 0 fully saturated rings. The number of para-hydroxylation sites is 1. The van der Waals surface area contributed by atoms with E-state index in [1.54, 1.807) is 25.2 Å². The second-order valence-corrected chi connectivity index (χ2v) is 5.71. The molecular formula is C10H14N2O2S. The quantitative estimate of drug-likeness (QED) is 0.721. The van der Waals surface area contributed by atoms with Crippen molar-refractivity contribution >= 4 is 15.7 Å². The molecular weight excluding hydrogens is 212 g/mol. The Morgan fingerprint density at radius 3 is 2.80 bits per heavy atom. The first-order chi connectivity index (χ1) is 7.03. The van der Waals surface area contributed by atoms with Crippen LogP contribution < -0.4 is 5.32 Å². The fourth-order valence-corrected chi connectivity index (χ4v) is 3.14. The number of hydrogen-bond donors (Lipinski definition) is 1. The lowest BCUT2D eigenvalue weighted by molar-refractivity contribution is 0.405. The lowest BCUT2D eigenvalue weighted by Gasteiger charge is -2.20. The van der Waals surface area contributed by atoms with Crippen molar-refractivity contribution in [3.05, 3.63) is 24.3 Å². The SMILES string of the molecule is CC1CNc2ccccc2S(=O)(=O)N1C. The van der Waals surface area contributed by atoms with E-state index in [2.05, 4.69) is 5.32 Å². The maximum Gasteiger partial charge on any atom is 0.245 e. The summed E-state index contributed by atoms with van der Waals surface area (Å²) in [5, 5.41) is 3.14. The molecule has 1 aromatic carbocycles. The van der Waals surface area contributed by atoms with Gasteiger partial charge in [-0.15, -0.1) is 0 Å². The van der Waals surface area contributed by atoms with Gasteiger partial charge in [-0.25, -0.2) is 8.42 Å². The highest BCUT2D eigenvalue weighted by atomic mass is 32.2. The third-order valence-electron chi connectivity index (χ3n) is 2.75. The Balaban J connectivity index is 2.62. The highest BCUT2D eigenvalue weighted by molar-refractivity contribution is 7.89. The summed E-state index contributed by atoms with van der Waals surface area (Å²) in [6.07, 6.45) is 0. The van der Waals surface area contributed by atoms with Crippen molar-refractivity contribution in [3.8, 4) is 0 Å². The Morgan fingerprint density at radius 2 is 2.07 bits per heavy atom. The van der Waals surface area contributed by atoms with Gasteiger partial charge in [0.25, 0.3) is 0 Å². The van der Waals surface area contributed by atoms with Crippen molar-refractivity contribution in [1.82, 2.24) is 4.31 Å². The zero-order chi connectivity index (χ0) is 11.1. The predicted molar refractivity (Wildman–Crippen MR) is 59.3 cm³/mol. The summed E-state index contributed by atoms with van der Waals surface area (Å²) in [4.78, 5) is 0.358. The molecule has 1 atom stereocenters. The Morgan fingerprint density at radius 1 is 1.40 bits per heavy atom. The Labute approximate surface area is 90.0 Å². The average Bonchev–Trinajstić information content (AvgIpc) is 2.31. The summed E-state index contributed by atoms with van der Waals surface area (Å²) >= 11 is 0. The molecule has 0 saturated carbocycles. The summed E-state index contributed by atoms with van der Waals surface area (Å²) in [5.74, 6) is 0. The molecule has 0 spiro atoms. The van der Waals surface area contributed by atoms with Crippen molar-refractivity contribution in [3.63, 3.8) is 0 Å². The zero-order valence-corrected chi connectivity index (χ0v) is 9.58. The first kappa shape index (κ1) is 10.4. The van der Waals surface area contributed by atoms with Gasteiger partial charge in [0, 0.05) is 19.6 Å². The highest BCUT2D eigenvalue weighted by Gasteiger charge is 2.30. The van der Waals surface area contributed by atoms with E-state index in [4.69, 9.17) is 0 Å². The molecule has 0 bridgehead atoms. The predicted octanol–water partition coefficient (Wildman–Crippen LogP) is 1.12. The lowest BCUT2D eigenvalue weighted by Crippen LogP contribution is -2.36. The standard InChI is InChI=1S/C10H14N2O2S/c1-8-7-11-9-5-3-4-6-10(9)15(13,14)12(8)2/h3-6,8,11H,7H2,1-2H3. The smallest absolute Gasteiger partial charge is 0.245 e. The van der Waals surface area contributed by atoms with Crippen molar-refractivity contribution in [1.29, 1.82) is 0 Å². The van der Waals surface area contributed by atoms with Crippen LogP contribution in [0.25, 0.3) is 0 Å². The Kier molecular flexibility index (Phi) is 2.44. The van der Waals surface area contributed by atoms with Gasteiger partial charge < -0.3 is 5.32 Å². The molecule has 0 aromatic heterocycles. The number of benzene rings is 1. The van der Waals surface area contributed by atoms with Gasteiger partial charge in [-0.3, -0.25) is 0 Å². The minimum absolute atomic E-state index is 0.0394. The number of rotatable bonds is 0. The molecule has 15 heavy (non-hydrogen) atoms. The fraction of sp³-hybridized carbons (Fsp3) is 0.400. The summed E-state index contributed by atoms with van der Waals surface area (Å²) in [6, 6.07) is 6.95. The number of sulfonamides is 1. The second-order valence-electron chi connectivity index (χ2n) is 3.75. The normalized spacial score (nSPS) is 25.1. The van der Waals surface area contributed by atoms with Crippen LogP contribution in [0, 0.1) is 0 Å². The van der Waals surface area contributed by atoms with Crippen molar-refractivity contribution in [2.45, 2.75) is 17.9 Å².